The van der Waals surface area contributed by atoms with Crippen molar-refractivity contribution in [3.05, 3.63) is 72.6 Å². The first-order chi connectivity index (χ1) is 13.7. The van der Waals surface area contributed by atoms with Gasteiger partial charge in [0.05, 0.1) is 0 Å². The van der Waals surface area contributed by atoms with E-state index in [1.807, 2.05) is 54.6 Å². The standard InChI is InChI=1S/C19H14N6OS2/c26-16(11-6-13-4-2-1-3-5-13)22-18(27)21-15-9-7-14(8-10-15)17-24-25-12-20-23-19(25)28-17/h1-12H,(H2,21,22,26,27). The van der Waals surface area contributed by atoms with E-state index in [1.165, 1.54) is 17.4 Å². The number of hydrogen-bond donors (Lipinski definition) is 2. The maximum atomic E-state index is 12.0. The Morgan fingerprint density at radius 3 is 2.64 bits per heavy atom. The van der Waals surface area contributed by atoms with Crippen molar-refractivity contribution in [2.24, 2.45) is 0 Å². The molecule has 2 N–H and O–H groups in total. The molecule has 0 spiro atoms. The topological polar surface area (TPSA) is 84.2 Å². The van der Waals surface area contributed by atoms with Gasteiger partial charge in [-0.1, -0.05) is 41.7 Å². The second-order valence-electron chi connectivity index (χ2n) is 5.73. The average molecular weight is 406 g/mol. The quantitative estimate of drug-likeness (QED) is 0.399. The van der Waals surface area contributed by atoms with Crippen molar-refractivity contribution < 1.29 is 4.79 Å². The molecule has 0 fully saturated rings. The number of thiocarbonyl (C=S) groups is 1. The Morgan fingerprint density at radius 2 is 1.89 bits per heavy atom. The fourth-order valence-electron chi connectivity index (χ4n) is 2.42. The molecule has 7 nitrogen and oxygen atoms in total. The molecule has 0 radical (unpaired) electrons. The van der Waals surface area contributed by atoms with Gasteiger partial charge in [-0.2, -0.15) is 9.61 Å². The molecule has 4 aromatic rings. The van der Waals surface area contributed by atoms with Crippen LogP contribution in [0.2, 0.25) is 0 Å². The van der Waals surface area contributed by atoms with Gasteiger partial charge in [-0.05, 0) is 48.1 Å². The lowest BCUT2D eigenvalue weighted by atomic mass is 10.2. The van der Waals surface area contributed by atoms with E-state index >= 15 is 0 Å². The van der Waals surface area contributed by atoms with Gasteiger partial charge in [-0.15, -0.1) is 10.2 Å². The van der Waals surface area contributed by atoms with Gasteiger partial charge in [0.25, 0.3) is 0 Å². The molecule has 9 heteroatoms. The van der Waals surface area contributed by atoms with Crippen molar-refractivity contribution in [3.8, 4) is 10.6 Å². The van der Waals surface area contributed by atoms with E-state index in [2.05, 4.69) is 25.9 Å². The van der Waals surface area contributed by atoms with Gasteiger partial charge in [0.15, 0.2) is 5.11 Å². The van der Waals surface area contributed by atoms with E-state index in [-0.39, 0.29) is 11.0 Å². The van der Waals surface area contributed by atoms with Gasteiger partial charge in [-0.3, -0.25) is 10.1 Å². The number of hydrogen-bond acceptors (Lipinski definition) is 6. The van der Waals surface area contributed by atoms with E-state index in [0.29, 0.717) is 0 Å². The van der Waals surface area contributed by atoms with E-state index in [1.54, 1.807) is 16.9 Å². The van der Waals surface area contributed by atoms with Crippen molar-refractivity contribution in [2.45, 2.75) is 0 Å². The summed E-state index contributed by atoms with van der Waals surface area (Å²) in [6.07, 6.45) is 4.74. The zero-order valence-electron chi connectivity index (χ0n) is 14.4. The SMILES string of the molecule is O=C(C=Cc1ccccc1)NC(=S)Nc1ccc(-c2nn3cnnc3s2)cc1. The summed E-state index contributed by atoms with van der Waals surface area (Å²) in [4.78, 5) is 12.7. The summed E-state index contributed by atoms with van der Waals surface area (Å²) in [5.74, 6) is -0.294. The molecule has 0 aliphatic heterocycles. The van der Waals surface area contributed by atoms with E-state index in [0.717, 1.165) is 26.8 Å². The number of nitrogens with zero attached hydrogens (tertiary/aromatic N) is 4. The number of benzene rings is 2. The van der Waals surface area contributed by atoms with Crippen LogP contribution in [-0.2, 0) is 4.79 Å². The number of amides is 1. The lowest BCUT2D eigenvalue weighted by Gasteiger charge is -2.08. The Balaban J connectivity index is 1.34. The number of nitrogens with one attached hydrogen (secondary N) is 2. The Hall–Kier alpha value is -3.43. The molecule has 0 bridgehead atoms. The molecule has 0 atom stereocenters. The molecule has 0 aliphatic rings. The molecule has 0 saturated heterocycles. The van der Waals surface area contributed by atoms with Gasteiger partial charge in [0, 0.05) is 17.3 Å². The van der Waals surface area contributed by atoms with Gasteiger partial charge in [0.1, 0.15) is 11.3 Å². The van der Waals surface area contributed by atoms with Gasteiger partial charge in [0.2, 0.25) is 10.9 Å². The summed E-state index contributed by atoms with van der Waals surface area (Å²) >= 11 is 6.65. The maximum Gasteiger partial charge on any atom is 0.250 e. The summed E-state index contributed by atoms with van der Waals surface area (Å²) in [6, 6.07) is 17.2. The number of anilines is 1. The van der Waals surface area contributed by atoms with E-state index in [9.17, 15) is 4.79 Å². The number of rotatable bonds is 4. The van der Waals surface area contributed by atoms with Crippen LogP contribution in [0.15, 0.2) is 67.0 Å². The summed E-state index contributed by atoms with van der Waals surface area (Å²) in [5, 5.41) is 18.9. The summed E-state index contributed by atoms with van der Waals surface area (Å²) in [7, 11) is 0. The number of aromatic nitrogens is 4. The van der Waals surface area contributed by atoms with Crippen LogP contribution >= 0.6 is 23.6 Å². The normalized spacial score (nSPS) is 11.0. The summed E-state index contributed by atoms with van der Waals surface area (Å²) in [6.45, 7) is 0. The number of carbonyl (C=O) groups excluding carboxylic acids is 1. The molecule has 0 saturated carbocycles. The number of fused-ring (bicyclic) bond motifs is 1. The third-order valence-electron chi connectivity index (χ3n) is 3.74. The maximum absolute atomic E-state index is 12.0. The monoisotopic (exact) mass is 406 g/mol. The summed E-state index contributed by atoms with van der Waals surface area (Å²) < 4.78 is 1.64. The molecular weight excluding hydrogens is 392 g/mol. The van der Waals surface area contributed by atoms with Crippen LogP contribution < -0.4 is 10.6 Å². The van der Waals surface area contributed by atoms with Crippen molar-refractivity contribution in [2.75, 3.05) is 5.32 Å². The molecular formula is C19H14N6OS2. The predicted molar refractivity (Wildman–Crippen MR) is 114 cm³/mol. The fourth-order valence-corrected chi connectivity index (χ4v) is 3.47. The molecule has 0 unspecified atom stereocenters. The van der Waals surface area contributed by atoms with Crippen LogP contribution in [0.5, 0.6) is 0 Å². The molecule has 2 aromatic carbocycles. The van der Waals surface area contributed by atoms with Crippen molar-refractivity contribution in [1.29, 1.82) is 0 Å². The molecule has 138 valence electrons. The smallest absolute Gasteiger partial charge is 0.250 e. The Kier molecular flexibility index (Phi) is 5.18. The first-order valence-corrected chi connectivity index (χ1v) is 9.52. The highest BCUT2D eigenvalue weighted by molar-refractivity contribution is 7.80. The third kappa shape index (κ3) is 4.27. The van der Waals surface area contributed by atoms with Crippen LogP contribution in [-0.4, -0.2) is 30.8 Å². The van der Waals surface area contributed by atoms with Gasteiger partial charge >= 0.3 is 0 Å². The first kappa shape index (κ1) is 18.0. The molecule has 2 aromatic heterocycles. The van der Waals surface area contributed by atoms with Crippen LogP contribution in [0, 0.1) is 0 Å². The van der Waals surface area contributed by atoms with Gasteiger partial charge in [-0.25, -0.2) is 0 Å². The summed E-state index contributed by atoms with van der Waals surface area (Å²) in [5.41, 5.74) is 2.67. The van der Waals surface area contributed by atoms with Crippen LogP contribution in [0.3, 0.4) is 0 Å². The zero-order chi connectivity index (χ0) is 19.3. The van der Waals surface area contributed by atoms with Crippen LogP contribution in [0.1, 0.15) is 5.56 Å². The second kappa shape index (κ2) is 8.07. The van der Waals surface area contributed by atoms with Crippen molar-refractivity contribution in [1.82, 2.24) is 25.1 Å². The van der Waals surface area contributed by atoms with E-state index in [4.69, 9.17) is 12.2 Å². The van der Waals surface area contributed by atoms with Crippen LogP contribution in [0.4, 0.5) is 5.69 Å². The number of carbonyl (C=O) groups is 1. The lowest BCUT2D eigenvalue weighted by molar-refractivity contribution is -0.115. The minimum absolute atomic E-state index is 0.231. The molecule has 0 aliphatic carbocycles. The van der Waals surface area contributed by atoms with Gasteiger partial charge < -0.3 is 5.32 Å². The highest BCUT2D eigenvalue weighted by Crippen LogP contribution is 2.25. The lowest BCUT2D eigenvalue weighted by Crippen LogP contribution is -2.32. The highest BCUT2D eigenvalue weighted by atomic mass is 32.1. The third-order valence-corrected chi connectivity index (χ3v) is 4.91. The largest absolute Gasteiger partial charge is 0.332 e. The minimum Gasteiger partial charge on any atom is -0.332 e. The molecule has 2 heterocycles. The van der Waals surface area contributed by atoms with E-state index < -0.39 is 0 Å². The zero-order valence-corrected chi connectivity index (χ0v) is 16.1. The highest BCUT2D eigenvalue weighted by Gasteiger charge is 2.08. The predicted octanol–water partition coefficient (Wildman–Crippen LogP) is 3.38. The minimum atomic E-state index is -0.294. The second-order valence-corrected chi connectivity index (χ2v) is 7.09. The molecule has 1 amide bonds. The Bertz CT molecular complexity index is 1120. The van der Waals surface area contributed by atoms with Crippen LogP contribution in [0.25, 0.3) is 21.6 Å². The fraction of sp³-hybridized carbons (Fsp3) is 0. The van der Waals surface area contributed by atoms with Crippen molar-refractivity contribution >= 4 is 51.3 Å². The molecule has 4 rings (SSSR count). The average Bonchev–Trinajstić information content (AvgIpc) is 3.30. The first-order valence-electron chi connectivity index (χ1n) is 8.30. The molecule has 28 heavy (non-hydrogen) atoms. The Morgan fingerprint density at radius 1 is 1.11 bits per heavy atom. The Labute approximate surface area is 169 Å². The van der Waals surface area contributed by atoms with Crippen molar-refractivity contribution in [3.63, 3.8) is 0 Å².